The molecule has 24 heavy (non-hydrogen) atoms. The number of ether oxygens (including phenoxy) is 1. The van der Waals surface area contributed by atoms with Crippen molar-refractivity contribution in [2.24, 2.45) is 0 Å². The zero-order chi connectivity index (χ0) is 17.5. The normalized spacial score (nSPS) is 26.4. The molecule has 0 radical (unpaired) electrons. The smallest absolute Gasteiger partial charge is 0.410 e. The molecule has 2 unspecified atom stereocenters. The van der Waals surface area contributed by atoms with Crippen molar-refractivity contribution in [2.45, 2.75) is 70.2 Å². The summed E-state index contributed by atoms with van der Waals surface area (Å²) in [4.78, 5) is 18.6. The first-order chi connectivity index (χ1) is 11.2. The van der Waals surface area contributed by atoms with E-state index in [1.807, 2.05) is 31.7 Å². The van der Waals surface area contributed by atoms with E-state index in [1.54, 1.807) is 6.20 Å². The number of aromatic nitrogens is 1. The highest BCUT2D eigenvalue weighted by Crippen LogP contribution is 2.38. The minimum absolute atomic E-state index is 0.177. The number of halogens is 2. The lowest BCUT2D eigenvalue weighted by Gasteiger charge is -2.40. The van der Waals surface area contributed by atoms with Crippen molar-refractivity contribution < 1.29 is 9.53 Å². The van der Waals surface area contributed by atoms with Crippen LogP contribution in [-0.4, -0.2) is 39.7 Å². The van der Waals surface area contributed by atoms with Crippen LogP contribution in [0.25, 0.3) is 0 Å². The van der Waals surface area contributed by atoms with Crippen LogP contribution in [0.1, 0.15) is 46.5 Å². The molecule has 2 saturated heterocycles. The Morgan fingerprint density at radius 2 is 2.00 bits per heavy atom. The third-order valence-corrected chi connectivity index (χ3v) is 5.64. The Hall–Kier alpha value is -1.01. The highest BCUT2D eigenvalue weighted by atomic mass is 79.9. The minimum atomic E-state index is -0.452. The van der Waals surface area contributed by atoms with Crippen LogP contribution in [0.15, 0.2) is 16.7 Å². The molecule has 2 fully saturated rings. The van der Waals surface area contributed by atoms with Crippen LogP contribution in [-0.2, 0) is 4.74 Å². The fourth-order valence-electron chi connectivity index (χ4n) is 3.64. The summed E-state index contributed by atoms with van der Waals surface area (Å²) < 4.78 is 6.36. The number of fused-ring (bicyclic) bond motifs is 2. The van der Waals surface area contributed by atoms with Gasteiger partial charge >= 0.3 is 6.09 Å². The van der Waals surface area contributed by atoms with Gasteiger partial charge in [-0.25, -0.2) is 9.78 Å². The lowest BCUT2D eigenvalue weighted by Crippen LogP contribution is -2.51. The molecule has 3 rings (SSSR count). The Morgan fingerprint density at radius 3 is 2.54 bits per heavy atom. The first-order valence-electron chi connectivity index (χ1n) is 8.32. The van der Waals surface area contributed by atoms with E-state index in [-0.39, 0.29) is 18.2 Å². The van der Waals surface area contributed by atoms with Gasteiger partial charge in [0.25, 0.3) is 0 Å². The molecule has 0 aromatic carbocycles. The lowest BCUT2D eigenvalue weighted by atomic mass is 9.97. The molecule has 0 spiro atoms. The van der Waals surface area contributed by atoms with Crippen molar-refractivity contribution >= 4 is 39.3 Å². The van der Waals surface area contributed by atoms with E-state index in [1.165, 1.54) is 0 Å². The number of anilines is 1. The number of pyridine rings is 1. The topological polar surface area (TPSA) is 54.5 Å². The number of nitrogens with one attached hydrogen (secondary N) is 1. The minimum Gasteiger partial charge on any atom is -0.444 e. The van der Waals surface area contributed by atoms with Crippen LogP contribution in [0.3, 0.4) is 0 Å². The molecule has 2 aliphatic heterocycles. The Labute approximate surface area is 156 Å². The van der Waals surface area contributed by atoms with Gasteiger partial charge in [0.2, 0.25) is 0 Å². The average Bonchev–Trinajstić information content (AvgIpc) is 2.73. The van der Waals surface area contributed by atoms with Gasteiger partial charge < -0.3 is 15.0 Å². The number of hydrogen-bond donors (Lipinski definition) is 1. The molecule has 2 bridgehead atoms. The molecule has 0 aliphatic carbocycles. The van der Waals surface area contributed by atoms with Crippen molar-refractivity contribution in [3.05, 3.63) is 21.9 Å². The van der Waals surface area contributed by atoms with Crippen LogP contribution in [0.2, 0.25) is 5.15 Å². The van der Waals surface area contributed by atoms with Gasteiger partial charge in [0.1, 0.15) is 10.8 Å². The summed E-state index contributed by atoms with van der Waals surface area (Å²) in [6.07, 6.45) is 5.51. The molecule has 1 N–H and O–H groups in total. The Bertz CT molecular complexity index is 621. The highest BCUT2D eigenvalue weighted by molar-refractivity contribution is 9.10. The molecule has 3 heterocycles. The second-order valence-corrected chi connectivity index (χ2v) is 8.79. The molecule has 1 amide bonds. The number of amides is 1. The van der Waals surface area contributed by atoms with Gasteiger partial charge in [0.15, 0.2) is 0 Å². The zero-order valence-electron chi connectivity index (χ0n) is 14.2. The summed E-state index contributed by atoms with van der Waals surface area (Å²) in [6, 6.07) is 2.77. The first-order valence-corrected chi connectivity index (χ1v) is 9.49. The summed E-state index contributed by atoms with van der Waals surface area (Å²) in [7, 11) is 0. The third-order valence-electron chi connectivity index (χ3n) is 4.50. The second-order valence-electron chi connectivity index (χ2n) is 7.58. The number of hydrogen-bond acceptors (Lipinski definition) is 4. The predicted octanol–water partition coefficient (Wildman–Crippen LogP) is 4.84. The molecule has 7 heteroatoms. The maximum Gasteiger partial charge on any atom is 0.410 e. The molecule has 2 atom stereocenters. The number of nitrogens with zero attached hydrogens (tertiary/aromatic N) is 2. The summed E-state index contributed by atoms with van der Waals surface area (Å²) in [5.74, 6) is 0. The van der Waals surface area contributed by atoms with Gasteiger partial charge in [0.05, 0.1) is 16.4 Å². The molecule has 0 saturated carbocycles. The first kappa shape index (κ1) is 17.8. The van der Waals surface area contributed by atoms with Gasteiger partial charge in [-0.15, -0.1) is 0 Å². The molecule has 5 nitrogen and oxygen atoms in total. The number of rotatable bonds is 2. The van der Waals surface area contributed by atoms with Gasteiger partial charge in [-0.3, -0.25) is 0 Å². The fourth-order valence-corrected chi connectivity index (χ4v) is 4.10. The molecular formula is C17H23BrClN3O2. The summed E-state index contributed by atoms with van der Waals surface area (Å²) in [5.41, 5.74) is 0.494. The Balaban J connectivity index is 1.64. The molecule has 1 aromatic rings. The van der Waals surface area contributed by atoms with Crippen LogP contribution in [0, 0.1) is 0 Å². The van der Waals surface area contributed by atoms with E-state index in [9.17, 15) is 4.79 Å². The maximum absolute atomic E-state index is 12.5. The number of carbonyl (C=O) groups is 1. The second kappa shape index (κ2) is 6.71. The number of carbonyl (C=O) groups excluding carboxylic acids is 1. The zero-order valence-corrected chi connectivity index (χ0v) is 16.5. The van der Waals surface area contributed by atoms with Crippen LogP contribution in [0.4, 0.5) is 10.5 Å². The van der Waals surface area contributed by atoms with Gasteiger partial charge in [-0.1, -0.05) is 11.6 Å². The third kappa shape index (κ3) is 3.97. The predicted molar refractivity (Wildman–Crippen MR) is 98.5 cm³/mol. The van der Waals surface area contributed by atoms with Gasteiger partial charge in [-0.2, -0.15) is 0 Å². The van der Waals surface area contributed by atoms with Crippen LogP contribution in [0.5, 0.6) is 0 Å². The van der Waals surface area contributed by atoms with Gasteiger partial charge in [-0.05, 0) is 68.5 Å². The molecule has 1 aromatic heterocycles. The Morgan fingerprint density at radius 1 is 1.38 bits per heavy atom. The van der Waals surface area contributed by atoms with Crippen molar-refractivity contribution in [3.8, 4) is 0 Å². The molecule has 2 aliphatic rings. The van der Waals surface area contributed by atoms with Gasteiger partial charge in [0, 0.05) is 18.1 Å². The van der Waals surface area contributed by atoms with Crippen molar-refractivity contribution in [1.29, 1.82) is 0 Å². The largest absolute Gasteiger partial charge is 0.444 e. The SMILES string of the molecule is CC(C)(C)OC(=O)N1C2CCC1CC(Nc1cnc(Cl)c(Br)c1)C2. The van der Waals surface area contributed by atoms with E-state index < -0.39 is 5.60 Å². The summed E-state index contributed by atoms with van der Waals surface area (Å²) >= 11 is 9.34. The highest BCUT2D eigenvalue weighted by Gasteiger charge is 2.44. The maximum atomic E-state index is 12.5. The van der Waals surface area contributed by atoms with Crippen molar-refractivity contribution in [1.82, 2.24) is 9.88 Å². The van der Waals surface area contributed by atoms with E-state index in [2.05, 4.69) is 26.2 Å². The van der Waals surface area contributed by atoms with Crippen LogP contribution >= 0.6 is 27.5 Å². The van der Waals surface area contributed by atoms with E-state index in [4.69, 9.17) is 16.3 Å². The Kier molecular flexibility index (Phi) is 4.98. The van der Waals surface area contributed by atoms with E-state index in [0.29, 0.717) is 11.2 Å². The standard InChI is InChI=1S/C17H23BrClN3O2/c1-17(2,3)24-16(23)22-12-4-5-13(22)7-10(6-12)21-11-8-14(18)15(19)20-9-11/h8-10,12-13,21H,4-7H2,1-3H3. The van der Waals surface area contributed by atoms with Crippen LogP contribution < -0.4 is 5.32 Å². The van der Waals surface area contributed by atoms with Crippen molar-refractivity contribution in [2.75, 3.05) is 5.32 Å². The molecule has 132 valence electrons. The summed E-state index contributed by atoms with van der Waals surface area (Å²) in [6.45, 7) is 5.73. The average molecular weight is 417 g/mol. The fraction of sp³-hybridized carbons (Fsp3) is 0.647. The summed E-state index contributed by atoms with van der Waals surface area (Å²) in [5, 5.41) is 3.99. The van der Waals surface area contributed by atoms with E-state index in [0.717, 1.165) is 35.8 Å². The quantitative estimate of drug-likeness (QED) is 0.701. The monoisotopic (exact) mass is 415 g/mol. The molecular weight excluding hydrogens is 394 g/mol. The number of piperidine rings is 1. The van der Waals surface area contributed by atoms with E-state index >= 15 is 0 Å². The lowest BCUT2D eigenvalue weighted by molar-refractivity contribution is 0.00684. The van der Waals surface area contributed by atoms with Crippen molar-refractivity contribution in [3.63, 3.8) is 0 Å².